The van der Waals surface area contributed by atoms with Crippen LogP contribution in [0.4, 0.5) is 8.78 Å². The molecule has 1 atom stereocenters. The van der Waals surface area contributed by atoms with E-state index in [0.29, 0.717) is 11.8 Å². The lowest BCUT2D eigenvalue weighted by atomic mass is 10.1. The highest BCUT2D eigenvalue weighted by molar-refractivity contribution is 7.98. The summed E-state index contributed by atoms with van der Waals surface area (Å²) in [6, 6.07) is 2.20. The summed E-state index contributed by atoms with van der Waals surface area (Å²) in [6.45, 7) is 1.21. The number of hydrogen-bond acceptors (Lipinski definition) is 4. The normalized spacial score (nSPS) is 15.2. The third kappa shape index (κ3) is 4.72. The Morgan fingerprint density at radius 2 is 2.05 bits per heavy atom. The molecule has 0 aliphatic carbocycles. The van der Waals surface area contributed by atoms with Crippen LogP contribution in [0.25, 0.3) is 0 Å². The van der Waals surface area contributed by atoms with E-state index in [1.165, 1.54) is 18.7 Å². The number of hydrogen-bond donors (Lipinski definition) is 2. The second kappa shape index (κ2) is 6.17. The fourth-order valence-corrected chi connectivity index (χ4v) is 3.33. The number of halogens is 2. The number of aliphatic hydroxyl groups is 1. The van der Waals surface area contributed by atoms with Crippen molar-refractivity contribution in [1.29, 1.82) is 0 Å². The quantitative estimate of drug-likeness (QED) is 0.832. The van der Waals surface area contributed by atoms with E-state index in [0.717, 1.165) is 12.1 Å². The average Bonchev–Trinajstić information content (AvgIpc) is 2.26. The largest absolute Gasteiger partial charge is 0.388 e. The summed E-state index contributed by atoms with van der Waals surface area (Å²) in [6.07, 6.45) is 1.77. The molecule has 1 rings (SSSR count). The summed E-state index contributed by atoms with van der Waals surface area (Å²) in [5.74, 6) is -1.70. The zero-order chi connectivity index (χ0) is 14.7. The standard InChI is InChI=1S/C11H15F2NO3S2/c1-11(15,7-18-2)6-14-19(16,17)10-4-3-8(12)5-9(10)13/h3-5,14-15H,6-7H2,1-2H3/t11-/m0/s1. The molecule has 0 heterocycles. The van der Waals surface area contributed by atoms with Crippen LogP contribution in [-0.4, -0.2) is 37.7 Å². The fraction of sp³-hybridized carbons (Fsp3) is 0.455. The fourth-order valence-electron chi connectivity index (χ4n) is 1.38. The van der Waals surface area contributed by atoms with Crippen LogP contribution in [0.15, 0.2) is 23.1 Å². The highest BCUT2D eigenvalue weighted by Gasteiger charge is 2.25. The van der Waals surface area contributed by atoms with Crippen LogP contribution < -0.4 is 4.72 Å². The van der Waals surface area contributed by atoms with Crippen LogP contribution in [0.1, 0.15) is 6.92 Å². The molecule has 0 spiro atoms. The van der Waals surface area contributed by atoms with Gasteiger partial charge in [0.2, 0.25) is 10.0 Å². The van der Waals surface area contributed by atoms with Crippen molar-refractivity contribution in [2.75, 3.05) is 18.6 Å². The van der Waals surface area contributed by atoms with Gasteiger partial charge in [-0.3, -0.25) is 0 Å². The Bertz CT molecular complexity index is 547. The van der Waals surface area contributed by atoms with Gasteiger partial charge in [0, 0.05) is 18.4 Å². The summed E-state index contributed by atoms with van der Waals surface area (Å²) < 4.78 is 51.9. The topological polar surface area (TPSA) is 66.4 Å². The number of benzene rings is 1. The van der Waals surface area contributed by atoms with E-state index < -0.39 is 32.2 Å². The smallest absolute Gasteiger partial charge is 0.243 e. The Kier molecular flexibility index (Phi) is 5.31. The van der Waals surface area contributed by atoms with E-state index >= 15 is 0 Å². The van der Waals surface area contributed by atoms with E-state index in [1.807, 2.05) is 0 Å². The summed E-state index contributed by atoms with van der Waals surface area (Å²) >= 11 is 1.35. The van der Waals surface area contributed by atoms with Gasteiger partial charge in [0.25, 0.3) is 0 Å². The molecular weight excluding hydrogens is 296 g/mol. The maximum atomic E-state index is 13.4. The van der Waals surface area contributed by atoms with E-state index in [2.05, 4.69) is 4.72 Å². The van der Waals surface area contributed by atoms with E-state index in [-0.39, 0.29) is 6.54 Å². The molecule has 0 saturated heterocycles. The highest BCUT2D eigenvalue weighted by atomic mass is 32.2. The molecular formula is C11H15F2NO3S2. The van der Waals surface area contributed by atoms with Crippen molar-refractivity contribution in [3.63, 3.8) is 0 Å². The van der Waals surface area contributed by atoms with Crippen LogP contribution in [0.2, 0.25) is 0 Å². The lowest BCUT2D eigenvalue weighted by Crippen LogP contribution is -2.42. The van der Waals surface area contributed by atoms with Crippen molar-refractivity contribution in [2.45, 2.75) is 17.4 Å². The Morgan fingerprint density at radius 3 is 2.58 bits per heavy atom. The molecule has 4 nitrogen and oxygen atoms in total. The van der Waals surface area contributed by atoms with Gasteiger partial charge >= 0.3 is 0 Å². The Hall–Kier alpha value is -0.700. The molecule has 0 amide bonds. The maximum Gasteiger partial charge on any atom is 0.243 e. The van der Waals surface area contributed by atoms with Crippen molar-refractivity contribution in [1.82, 2.24) is 4.72 Å². The number of thioether (sulfide) groups is 1. The molecule has 19 heavy (non-hydrogen) atoms. The lowest BCUT2D eigenvalue weighted by Gasteiger charge is -2.22. The van der Waals surface area contributed by atoms with Crippen molar-refractivity contribution in [3.05, 3.63) is 29.8 Å². The molecule has 0 unspecified atom stereocenters. The van der Waals surface area contributed by atoms with E-state index in [1.54, 1.807) is 6.26 Å². The van der Waals surface area contributed by atoms with Gasteiger partial charge in [-0.05, 0) is 25.3 Å². The van der Waals surface area contributed by atoms with Crippen molar-refractivity contribution in [2.24, 2.45) is 0 Å². The molecule has 0 saturated carbocycles. The summed E-state index contributed by atoms with van der Waals surface area (Å²) in [5, 5.41) is 9.84. The molecule has 2 N–H and O–H groups in total. The van der Waals surface area contributed by atoms with Gasteiger partial charge in [0.05, 0.1) is 5.60 Å². The summed E-state index contributed by atoms with van der Waals surface area (Å²) in [5.41, 5.74) is -1.25. The van der Waals surface area contributed by atoms with Crippen molar-refractivity contribution in [3.8, 4) is 0 Å². The molecule has 1 aromatic carbocycles. The maximum absolute atomic E-state index is 13.4. The monoisotopic (exact) mass is 311 g/mol. The van der Waals surface area contributed by atoms with E-state index in [9.17, 15) is 22.3 Å². The molecule has 0 bridgehead atoms. The molecule has 108 valence electrons. The summed E-state index contributed by atoms with van der Waals surface area (Å²) in [7, 11) is -4.12. The lowest BCUT2D eigenvalue weighted by molar-refractivity contribution is 0.0908. The van der Waals surface area contributed by atoms with Gasteiger partial charge in [-0.25, -0.2) is 21.9 Å². The van der Waals surface area contributed by atoms with Gasteiger partial charge in [0.15, 0.2) is 0 Å². The van der Waals surface area contributed by atoms with Crippen LogP contribution in [0, 0.1) is 11.6 Å². The first kappa shape index (κ1) is 16.4. The number of rotatable bonds is 6. The first-order valence-electron chi connectivity index (χ1n) is 5.34. The van der Waals surface area contributed by atoms with Crippen LogP contribution in [-0.2, 0) is 10.0 Å². The van der Waals surface area contributed by atoms with E-state index in [4.69, 9.17) is 0 Å². The second-order valence-corrected chi connectivity index (χ2v) is 6.93. The first-order valence-corrected chi connectivity index (χ1v) is 8.22. The van der Waals surface area contributed by atoms with Crippen LogP contribution >= 0.6 is 11.8 Å². The third-order valence-electron chi connectivity index (χ3n) is 2.28. The van der Waals surface area contributed by atoms with Crippen molar-refractivity contribution >= 4 is 21.8 Å². The van der Waals surface area contributed by atoms with Crippen LogP contribution in [0.3, 0.4) is 0 Å². The Balaban J connectivity index is 2.87. The minimum Gasteiger partial charge on any atom is -0.388 e. The molecule has 0 fully saturated rings. The predicted octanol–water partition coefficient (Wildman–Crippen LogP) is 1.36. The second-order valence-electron chi connectivity index (χ2n) is 4.33. The molecule has 0 aliphatic heterocycles. The summed E-state index contributed by atoms with van der Waals surface area (Å²) in [4.78, 5) is -0.645. The third-order valence-corrected chi connectivity index (χ3v) is 4.63. The number of nitrogens with one attached hydrogen (secondary N) is 1. The minimum absolute atomic E-state index is 0.257. The average molecular weight is 311 g/mol. The van der Waals surface area contributed by atoms with Gasteiger partial charge in [-0.1, -0.05) is 0 Å². The van der Waals surface area contributed by atoms with Gasteiger partial charge in [-0.2, -0.15) is 11.8 Å². The zero-order valence-corrected chi connectivity index (χ0v) is 12.1. The highest BCUT2D eigenvalue weighted by Crippen LogP contribution is 2.16. The van der Waals surface area contributed by atoms with Gasteiger partial charge < -0.3 is 5.11 Å². The molecule has 0 aromatic heterocycles. The molecule has 0 radical (unpaired) electrons. The molecule has 8 heteroatoms. The van der Waals surface area contributed by atoms with Crippen LogP contribution in [0.5, 0.6) is 0 Å². The Morgan fingerprint density at radius 1 is 1.42 bits per heavy atom. The minimum atomic E-state index is -4.12. The first-order chi connectivity index (χ1) is 8.68. The number of sulfonamides is 1. The van der Waals surface area contributed by atoms with Crippen molar-refractivity contribution < 1.29 is 22.3 Å². The Labute approximate surface area is 115 Å². The predicted molar refractivity (Wildman–Crippen MR) is 70.6 cm³/mol. The van der Waals surface area contributed by atoms with Gasteiger partial charge in [-0.15, -0.1) is 0 Å². The molecule has 1 aromatic rings. The van der Waals surface area contributed by atoms with Gasteiger partial charge in [0.1, 0.15) is 16.5 Å². The SMILES string of the molecule is CSC[C@@](C)(O)CNS(=O)(=O)c1ccc(F)cc1F. The molecule has 0 aliphatic rings. The zero-order valence-electron chi connectivity index (χ0n) is 10.5.